The Kier molecular flexibility index (Phi) is 6.11. The molecule has 2 aromatic carbocycles. The van der Waals surface area contributed by atoms with Crippen molar-refractivity contribution in [2.24, 2.45) is 0 Å². The van der Waals surface area contributed by atoms with Gasteiger partial charge >= 0.3 is 35.5 Å². The first kappa shape index (κ1) is 20.2. The van der Waals surface area contributed by atoms with Crippen molar-refractivity contribution in [3.05, 3.63) is 71.4 Å². The van der Waals surface area contributed by atoms with Crippen LogP contribution in [-0.4, -0.2) is 52.2 Å². The predicted molar refractivity (Wildman–Crippen MR) is 109 cm³/mol. The number of fused-ring (bicyclic) bond motifs is 3. The Bertz CT molecular complexity index is 937. The van der Waals surface area contributed by atoms with Crippen LogP contribution < -0.4 is 0 Å². The van der Waals surface area contributed by atoms with E-state index in [0.717, 1.165) is 17.6 Å². The number of carbonyl (C=O) groups is 1. The zero-order valence-corrected chi connectivity index (χ0v) is 14.9. The number of H-pyrrole nitrogens is 1. The van der Waals surface area contributed by atoms with Crippen molar-refractivity contribution in [2.75, 3.05) is 6.61 Å². The van der Waals surface area contributed by atoms with E-state index >= 15 is 0 Å². The molecule has 1 aliphatic heterocycles. The molecule has 0 saturated carbocycles. The molecule has 4 rings (SSSR count). The standard InChI is InChI=1S/C22H23NO3.Na.H/c1-2-22(13-19(24)25)21-20(17-10-6-7-11-18(17)23-21)16(14-26-22)12-15-8-4-3-5-9-15;;/h3-11,16,23H,2,12-14H2,1H3,(H,24,25);;. The van der Waals surface area contributed by atoms with E-state index in [9.17, 15) is 9.90 Å². The maximum atomic E-state index is 11.5. The minimum absolute atomic E-state index is 0. The van der Waals surface area contributed by atoms with Crippen LogP contribution in [0.3, 0.4) is 0 Å². The normalized spacial score (nSPS) is 21.4. The molecule has 0 spiro atoms. The number of aliphatic carboxylic acids is 1. The third kappa shape index (κ3) is 3.72. The number of rotatable bonds is 5. The van der Waals surface area contributed by atoms with Gasteiger partial charge < -0.3 is 14.8 Å². The Hall–Kier alpha value is -1.59. The number of hydrogen-bond donors (Lipinski definition) is 2. The molecule has 0 radical (unpaired) electrons. The molecular formula is C22H24NNaO3. The number of aromatic nitrogens is 1. The summed E-state index contributed by atoms with van der Waals surface area (Å²) in [5.74, 6) is -0.630. The van der Waals surface area contributed by atoms with E-state index in [1.807, 2.05) is 25.1 Å². The summed E-state index contributed by atoms with van der Waals surface area (Å²) < 4.78 is 6.25. The Morgan fingerprint density at radius 3 is 2.59 bits per heavy atom. The number of hydrogen-bond acceptors (Lipinski definition) is 2. The molecule has 136 valence electrons. The molecule has 1 aromatic heterocycles. The molecule has 0 amide bonds. The molecule has 5 heteroatoms. The number of ether oxygens (including phenoxy) is 1. The molecule has 1 aliphatic rings. The van der Waals surface area contributed by atoms with E-state index in [0.29, 0.717) is 13.0 Å². The van der Waals surface area contributed by atoms with Crippen LogP contribution in [0.5, 0.6) is 0 Å². The molecule has 27 heavy (non-hydrogen) atoms. The van der Waals surface area contributed by atoms with Crippen LogP contribution in [0, 0.1) is 0 Å². The summed E-state index contributed by atoms with van der Waals surface area (Å²) in [4.78, 5) is 15.0. The van der Waals surface area contributed by atoms with Gasteiger partial charge in [-0.2, -0.15) is 0 Å². The molecule has 2 N–H and O–H groups in total. The van der Waals surface area contributed by atoms with Gasteiger partial charge in [-0.15, -0.1) is 0 Å². The van der Waals surface area contributed by atoms with Crippen LogP contribution in [0.15, 0.2) is 54.6 Å². The molecule has 2 heterocycles. The van der Waals surface area contributed by atoms with Crippen LogP contribution in [-0.2, 0) is 21.6 Å². The Balaban J connectivity index is 0.00000210. The van der Waals surface area contributed by atoms with Crippen molar-refractivity contribution in [1.29, 1.82) is 0 Å². The van der Waals surface area contributed by atoms with Gasteiger partial charge in [-0.3, -0.25) is 4.79 Å². The summed E-state index contributed by atoms with van der Waals surface area (Å²) in [5.41, 5.74) is 3.69. The quantitative estimate of drug-likeness (QED) is 0.666. The summed E-state index contributed by atoms with van der Waals surface area (Å²) in [7, 11) is 0. The first-order valence-corrected chi connectivity index (χ1v) is 9.14. The first-order valence-electron chi connectivity index (χ1n) is 9.14. The molecule has 3 aromatic rings. The maximum absolute atomic E-state index is 11.5. The number of aromatic amines is 1. The van der Waals surface area contributed by atoms with Gasteiger partial charge in [0.05, 0.1) is 18.7 Å². The van der Waals surface area contributed by atoms with E-state index < -0.39 is 11.6 Å². The molecule has 4 nitrogen and oxygen atoms in total. The van der Waals surface area contributed by atoms with Crippen molar-refractivity contribution in [1.82, 2.24) is 4.98 Å². The van der Waals surface area contributed by atoms with Gasteiger partial charge in [0.25, 0.3) is 0 Å². The van der Waals surface area contributed by atoms with Crippen LogP contribution >= 0.6 is 0 Å². The minimum atomic E-state index is -0.835. The van der Waals surface area contributed by atoms with Crippen molar-refractivity contribution in [3.8, 4) is 0 Å². The van der Waals surface area contributed by atoms with Crippen molar-refractivity contribution < 1.29 is 14.6 Å². The summed E-state index contributed by atoms with van der Waals surface area (Å²) in [6, 6.07) is 18.6. The van der Waals surface area contributed by atoms with E-state index in [4.69, 9.17) is 4.74 Å². The van der Waals surface area contributed by atoms with Gasteiger partial charge in [0.15, 0.2) is 0 Å². The molecule has 2 atom stereocenters. The van der Waals surface area contributed by atoms with Gasteiger partial charge in [-0.1, -0.05) is 55.5 Å². The SMILES string of the molecule is CCC1(CC(=O)O)OCC(Cc2ccccc2)c2c1[nH]c1ccccc21.[NaH]. The average Bonchev–Trinajstić information content (AvgIpc) is 3.05. The number of nitrogens with one attached hydrogen (secondary N) is 1. The van der Waals surface area contributed by atoms with E-state index in [-0.39, 0.29) is 41.9 Å². The van der Waals surface area contributed by atoms with Crippen molar-refractivity contribution in [2.45, 2.75) is 37.7 Å². The van der Waals surface area contributed by atoms with Crippen LogP contribution in [0.25, 0.3) is 10.9 Å². The second-order valence-corrected chi connectivity index (χ2v) is 7.08. The van der Waals surface area contributed by atoms with E-state index in [1.165, 1.54) is 16.5 Å². The molecule has 2 unspecified atom stereocenters. The average molecular weight is 373 g/mol. The van der Waals surface area contributed by atoms with Crippen LogP contribution in [0.4, 0.5) is 0 Å². The van der Waals surface area contributed by atoms with Crippen LogP contribution in [0.1, 0.15) is 42.5 Å². The number of carboxylic acids is 1. The molecule has 0 aliphatic carbocycles. The fourth-order valence-electron chi connectivity index (χ4n) is 4.21. The Morgan fingerprint density at radius 2 is 1.89 bits per heavy atom. The molecule has 0 saturated heterocycles. The number of para-hydroxylation sites is 1. The molecule has 0 bridgehead atoms. The summed E-state index contributed by atoms with van der Waals surface area (Å²) >= 11 is 0. The topological polar surface area (TPSA) is 62.3 Å². The third-order valence-electron chi connectivity index (χ3n) is 5.50. The van der Waals surface area contributed by atoms with Crippen molar-refractivity contribution >= 4 is 46.4 Å². The third-order valence-corrected chi connectivity index (χ3v) is 5.50. The van der Waals surface area contributed by atoms with Gasteiger partial charge in [0.1, 0.15) is 5.60 Å². The second kappa shape index (κ2) is 8.19. The number of carboxylic acid groups (broad SMARTS) is 1. The zero-order chi connectivity index (χ0) is 18.1. The summed E-state index contributed by atoms with van der Waals surface area (Å²) in [6.45, 7) is 2.53. The van der Waals surface area contributed by atoms with Gasteiger partial charge in [-0.05, 0) is 30.0 Å². The van der Waals surface area contributed by atoms with E-state index in [2.05, 4.69) is 41.4 Å². The first-order chi connectivity index (χ1) is 12.6. The Labute approximate surface area is 181 Å². The molecular weight excluding hydrogens is 349 g/mol. The Morgan fingerprint density at radius 1 is 1.19 bits per heavy atom. The van der Waals surface area contributed by atoms with Gasteiger partial charge in [0.2, 0.25) is 0 Å². The fourth-order valence-corrected chi connectivity index (χ4v) is 4.21. The van der Waals surface area contributed by atoms with Crippen molar-refractivity contribution in [3.63, 3.8) is 0 Å². The van der Waals surface area contributed by atoms with E-state index in [1.54, 1.807) is 0 Å². The van der Waals surface area contributed by atoms with Gasteiger partial charge in [-0.25, -0.2) is 0 Å². The zero-order valence-electron chi connectivity index (χ0n) is 14.9. The second-order valence-electron chi connectivity index (χ2n) is 7.08. The molecule has 0 fully saturated rings. The summed E-state index contributed by atoms with van der Waals surface area (Å²) in [6.07, 6.45) is 1.47. The monoisotopic (exact) mass is 373 g/mol. The fraction of sp³-hybridized carbons (Fsp3) is 0.318. The predicted octanol–water partition coefficient (Wildman–Crippen LogP) is 3.96. The number of benzene rings is 2. The van der Waals surface area contributed by atoms with Crippen LogP contribution in [0.2, 0.25) is 0 Å². The van der Waals surface area contributed by atoms with Gasteiger partial charge in [0, 0.05) is 16.8 Å². The summed E-state index contributed by atoms with van der Waals surface area (Å²) in [5, 5.41) is 10.6.